The quantitative estimate of drug-likeness (QED) is 0.890. The van der Waals surface area contributed by atoms with Crippen LogP contribution in [0.15, 0.2) is 5.38 Å². The van der Waals surface area contributed by atoms with E-state index < -0.39 is 0 Å². The zero-order valence-corrected chi connectivity index (χ0v) is 12.7. The first-order valence-corrected chi connectivity index (χ1v) is 7.90. The Kier molecular flexibility index (Phi) is 4.60. The van der Waals surface area contributed by atoms with Crippen molar-refractivity contribution in [2.75, 3.05) is 11.1 Å². The Labute approximate surface area is 120 Å². The van der Waals surface area contributed by atoms with Crippen LogP contribution in [0.1, 0.15) is 22.1 Å². The second kappa shape index (κ2) is 6.21. The van der Waals surface area contributed by atoms with Gasteiger partial charge in [0.25, 0.3) is 0 Å². The molecule has 2 aromatic rings. The molecule has 7 heteroatoms. The fourth-order valence-corrected chi connectivity index (χ4v) is 3.07. The summed E-state index contributed by atoms with van der Waals surface area (Å²) in [5, 5.41) is 12.9. The summed E-state index contributed by atoms with van der Waals surface area (Å²) < 4.78 is 0. The molecule has 0 bridgehead atoms. The van der Waals surface area contributed by atoms with E-state index in [2.05, 4.69) is 20.5 Å². The number of H-pyrrole nitrogens is 1. The number of thiazole rings is 1. The summed E-state index contributed by atoms with van der Waals surface area (Å²) in [4.78, 5) is 16.2. The molecule has 5 nitrogen and oxygen atoms in total. The van der Waals surface area contributed by atoms with Crippen LogP contribution < -0.4 is 5.32 Å². The molecule has 0 aliphatic carbocycles. The number of nitrogens with zero attached hydrogens (tertiary/aromatic N) is 2. The molecule has 2 N–H and O–H groups in total. The second-order valence-corrected chi connectivity index (χ2v) is 6.26. The predicted octanol–water partition coefficient (Wildman–Crippen LogP) is 2.66. The molecular formula is C12H16N4OS2. The summed E-state index contributed by atoms with van der Waals surface area (Å²) in [5.41, 5.74) is 3.52. The molecule has 2 aromatic heterocycles. The number of aromatic amines is 1. The zero-order valence-electron chi connectivity index (χ0n) is 11.1. The van der Waals surface area contributed by atoms with E-state index in [-0.39, 0.29) is 5.91 Å². The Morgan fingerprint density at radius 2 is 2.26 bits per heavy atom. The molecule has 0 aliphatic heterocycles. The largest absolute Gasteiger partial charge is 0.322 e. The van der Waals surface area contributed by atoms with Crippen LogP contribution in [0.4, 0.5) is 5.69 Å². The van der Waals surface area contributed by atoms with E-state index in [0.29, 0.717) is 5.75 Å². The van der Waals surface area contributed by atoms with Gasteiger partial charge in [0.1, 0.15) is 0 Å². The van der Waals surface area contributed by atoms with Crippen LogP contribution in [-0.4, -0.2) is 26.8 Å². The summed E-state index contributed by atoms with van der Waals surface area (Å²) in [7, 11) is 0. The van der Waals surface area contributed by atoms with Crippen molar-refractivity contribution >= 4 is 34.7 Å². The lowest BCUT2D eigenvalue weighted by molar-refractivity contribution is -0.113. The van der Waals surface area contributed by atoms with E-state index in [4.69, 9.17) is 0 Å². The van der Waals surface area contributed by atoms with Gasteiger partial charge in [-0.2, -0.15) is 5.10 Å². The van der Waals surface area contributed by atoms with Crippen LogP contribution in [0.25, 0.3) is 0 Å². The molecule has 0 unspecified atom stereocenters. The highest BCUT2D eigenvalue weighted by molar-refractivity contribution is 7.99. The molecule has 0 radical (unpaired) electrons. The number of carbonyl (C=O) groups excluding carboxylic acids is 1. The number of hydrogen-bond acceptors (Lipinski definition) is 5. The van der Waals surface area contributed by atoms with Crippen LogP contribution in [-0.2, 0) is 10.5 Å². The lowest BCUT2D eigenvalue weighted by atomic mass is 10.3. The molecule has 0 aliphatic rings. The Morgan fingerprint density at radius 3 is 2.84 bits per heavy atom. The summed E-state index contributed by atoms with van der Waals surface area (Å²) in [5.74, 6) is 1.17. The van der Waals surface area contributed by atoms with Gasteiger partial charge in [-0.05, 0) is 20.8 Å². The van der Waals surface area contributed by atoms with Gasteiger partial charge in [-0.15, -0.1) is 23.1 Å². The fourth-order valence-electron chi connectivity index (χ4n) is 1.63. The van der Waals surface area contributed by atoms with Crippen molar-refractivity contribution in [3.63, 3.8) is 0 Å². The predicted molar refractivity (Wildman–Crippen MR) is 79.7 cm³/mol. The SMILES string of the molecule is Cc1nc(CSCC(=O)Nc2c(C)n[nH]c2C)cs1. The van der Waals surface area contributed by atoms with Gasteiger partial charge in [0.05, 0.1) is 33.5 Å². The normalized spacial score (nSPS) is 10.7. The minimum atomic E-state index is -0.00967. The third-order valence-electron chi connectivity index (χ3n) is 2.54. The van der Waals surface area contributed by atoms with Crippen molar-refractivity contribution in [3.8, 4) is 0 Å². The first-order valence-electron chi connectivity index (χ1n) is 5.86. The maximum Gasteiger partial charge on any atom is 0.234 e. The van der Waals surface area contributed by atoms with Crippen LogP contribution in [0.2, 0.25) is 0 Å². The highest BCUT2D eigenvalue weighted by atomic mass is 32.2. The molecular weight excluding hydrogens is 280 g/mol. The van der Waals surface area contributed by atoms with Gasteiger partial charge >= 0.3 is 0 Å². The van der Waals surface area contributed by atoms with E-state index in [0.717, 1.165) is 33.5 Å². The smallest absolute Gasteiger partial charge is 0.234 e. The van der Waals surface area contributed by atoms with Crippen molar-refractivity contribution in [1.29, 1.82) is 0 Å². The van der Waals surface area contributed by atoms with Crippen molar-refractivity contribution in [2.45, 2.75) is 26.5 Å². The molecule has 102 valence electrons. The second-order valence-electron chi connectivity index (χ2n) is 4.21. The Morgan fingerprint density at radius 1 is 1.47 bits per heavy atom. The van der Waals surface area contributed by atoms with Crippen LogP contribution in [0, 0.1) is 20.8 Å². The minimum Gasteiger partial charge on any atom is -0.322 e. The zero-order chi connectivity index (χ0) is 13.8. The van der Waals surface area contributed by atoms with Gasteiger partial charge in [-0.25, -0.2) is 4.98 Å². The molecule has 0 aromatic carbocycles. The molecule has 0 fully saturated rings. The van der Waals surface area contributed by atoms with Gasteiger partial charge < -0.3 is 5.32 Å². The van der Waals surface area contributed by atoms with Gasteiger partial charge in [0.2, 0.25) is 5.91 Å². The monoisotopic (exact) mass is 296 g/mol. The van der Waals surface area contributed by atoms with E-state index in [1.165, 1.54) is 0 Å². The van der Waals surface area contributed by atoms with Crippen molar-refractivity contribution in [2.24, 2.45) is 0 Å². The fraction of sp³-hybridized carbons (Fsp3) is 0.417. The number of carbonyl (C=O) groups is 1. The average molecular weight is 296 g/mol. The number of anilines is 1. The van der Waals surface area contributed by atoms with Crippen molar-refractivity contribution in [3.05, 3.63) is 27.5 Å². The van der Waals surface area contributed by atoms with Crippen molar-refractivity contribution in [1.82, 2.24) is 15.2 Å². The number of thioether (sulfide) groups is 1. The number of hydrogen-bond donors (Lipinski definition) is 2. The highest BCUT2D eigenvalue weighted by Gasteiger charge is 2.10. The third kappa shape index (κ3) is 3.81. The lowest BCUT2D eigenvalue weighted by Gasteiger charge is -2.04. The molecule has 1 amide bonds. The van der Waals surface area contributed by atoms with Gasteiger partial charge in [0.15, 0.2) is 0 Å². The van der Waals surface area contributed by atoms with E-state index in [1.807, 2.05) is 26.2 Å². The van der Waals surface area contributed by atoms with Gasteiger partial charge in [0, 0.05) is 11.1 Å². The number of aromatic nitrogens is 3. The molecule has 0 saturated heterocycles. The summed E-state index contributed by atoms with van der Waals surface area (Å²) >= 11 is 3.20. The molecule has 2 heterocycles. The molecule has 0 spiro atoms. The van der Waals surface area contributed by atoms with Crippen LogP contribution >= 0.6 is 23.1 Å². The molecule has 19 heavy (non-hydrogen) atoms. The number of rotatable bonds is 5. The molecule has 0 saturated carbocycles. The first-order chi connectivity index (χ1) is 9.06. The molecule has 0 atom stereocenters. The van der Waals surface area contributed by atoms with Crippen molar-refractivity contribution < 1.29 is 4.79 Å². The van der Waals surface area contributed by atoms with Gasteiger partial charge in [-0.3, -0.25) is 9.89 Å². The maximum atomic E-state index is 11.8. The number of nitrogens with one attached hydrogen (secondary N) is 2. The standard InChI is InChI=1S/C12H16N4OS2/c1-7-12(8(2)16-15-7)14-11(17)6-18-4-10-5-19-9(3)13-10/h5H,4,6H2,1-3H3,(H,14,17)(H,15,16). The summed E-state index contributed by atoms with van der Waals surface area (Å²) in [6.45, 7) is 5.74. The van der Waals surface area contributed by atoms with Gasteiger partial charge in [-0.1, -0.05) is 0 Å². The Hall–Kier alpha value is -1.34. The average Bonchev–Trinajstić information content (AvgIpc) is 2.90. The highest BCUT2D eigenvalue weighted by Crippen LogP contribution is 2.18. The Balaban J connectivity index is 1.79. The van der Waals surface area contributed by atoms with E-state index in [1.54, 1.807) is 23.1 Å². The topological polar surface area (TPSA) is 70.7 Å². The van der Waals surface area contributed by atoms with Crippen LogP contribution in [0.5, 0.6) is 0 Å². The number of amides is 1. The lowest BCUT2D eigenvalue weighted by Crippen LogP contribution is -2.15. The van der Waals surface area contributed by atoms with Crippen LogP contribution in [0.3, 0.4) is 0 Å². The summed E-state index contributed by atoms with van der Waals surface area (Å²) in [6, 6.07) is 0. The minimum absolute atomic E-state index is 0.00967. The number of aryl methyl sites for hydroxylation is 3. The Bertz CT molecular complexity index is 557. The van der Waals surface area contributed by atoms with E-state index >= 15 is 0 Å². The first kappa shape index (κ1) is 14.1. The summed E-state index contributed by atoms with van der Waals surface area (Å²) in [6.07, 6.45) is 0. The third-order valence-corrected chi connectivity index (χ3v) is 4.33. The maximum absolute atomic E-state index is 11.8. The van der Waals surface area contributed by atoms with E-state index in [9.17, 15) is 4.79 Å². The molecule has 2 rings (SSSR count).